The van der Waals surface area contributed by atoms with Gasteiger partial charge in [-0.25, -0.2) is 4.39 Å². The minimum atomic E-state index is -0.319. The number of anilines is 1. The Balaban J connectivity index is 1.94. The van der Waals surface area contributed by atoms with Crippen LogP contribution in [0.4, 0.5) is 10.1 Å². The number of rotatable bonds is 4. The Bertz CT molecular complexity index is 785. The summed E-state index contributed by atoms with van der Waals surface area (Å²) in [6.45, 7) is 0.426. The number of carbonyl (C=O) groups excluding carboxylic acids is 1. The maximum atomic E-state index is 13.2. The highest BCUT2D eigenvalue weighted by molar-refractivity contribution is 9.10. The summed E-state index contributed by atoms with van der Waals surface area (Å²) >= 11 is 4.80. The molecule has 1 amide bonds. The summed E-state index contributed by atoms with van der Waals surface area (Å²) in [6.07, 6.45) is 0. The number of benzene rings is 2. The Kier molecular flexibility index (Phi) is 4.88. The third-order valence-corrected chi connectivity index (χ3v) is 4.76. The van der Waals surface area contributed by atoms with Crippen LogP contribution in [0.3, 0.4) is 0 Å². The molecule has 0 fully saturated rings. The first kappa shape index (κ1) is 15.9. The third kappa shape index (κ3) is 3.86. The summed E-state index contributed by atoms with van der Waals surface area (Å²) in [4.78, 5) is 15.1. The van der Waals surface area contributed by atoms with E-state index in [0.29, 0.717) is 17.1 Å². The summed E-state index contributed by atoms with van der Waals surface area (Å²) < 4.78 is 14.2. The molecule has 0 aliphatic carbocycles. The molecular weight excluding hydrogens is 377 g/mol. The minimum Gasteiger partial charge on any atom is -0.303 e. The number of amides is 1. The summed E-state index contributed by atoms with van der Waals surface area (Å²) in [7, 11) is 0. The van der Waals surface area contributed by atoms with Gasteiger partial charge in [-0.05, 0) is 53.4 Å². The Hall–Kier alpha value is -1.98. The molecule has 0 atom stereocenters. The van der Waals surface area contributed by atoms with Gasteiger partial charge in [-0.1, -0.05) is 34.1 Å². The number of hydrogen-bond donors (Lipinski definition) is 0. The van der Waals surface area contributed by atoms with E-state index in [9.17, 15) is 9.18 Å². The smallest absolute Gasteiger partial charge is 0.268 e. The van der Waals surface area contributed by atoms with Gasteiger partial charge in [0, 0.05) is 10.2 Å². The molecule has 3 rings (SSSR count). The predicted molar refractivity (Wildman–Crippen MR) is 95.4 cm³/mol. The second-order valence-electron chi connectivity index (χ2n) is 4.97. The third-order valence-electron chi connectivity index (χ3n) is 3.37. The summed E-state index contributed by atoms with van der Waals surface area (Å²) in [6, 6.07) is 17.4. The zero-order chi connectivity index (χ0) is 16.2. The predicted octanol–water partition coefficient (Wildman–Crippen LogP) is 5.50. The molecule has 3 aromatic rings. The fourth-order valence-corrected chi connectivity index (χ4v) is 3.14. The van der Waals surface area contributed by atoms with E-state index in [4.69, 9.17) is 0 Å². The maximum absolute atomic E-state index is 13.2. The fourth-order valence-electron chi connectivity index (χ4n) is 2.21. The molecule has 0 aliphatic heterocycles. The van der Waals surface area contributed by atoms with Crippen LogP contribution in [-0.2, 0) is 6.54 Å². The van der Waals surface area contributed by atoms with E-state index in [2.05, 4.69) is 15.9 Å². The van der Waals surface area contributed by atoms with Gasteiger partial charge in [-0.3, -0.25) is 4.79 Å². The Labute approximate surface area is 146 Å². The first-order valence-corrected chi connectivity index (χ1v) is 8.66. The first-order chi connectivity index (χ1) is 11.1. The molecule has 0 radical (unpaired) electrons. The lowest BCUT2D eigenvalue weighted by Gasteiger charge is -2.22. The van der Waals surface area contributed by atoms with Gasteiger partial charge in [-0.15, -0.1) is 11.3 Å². The molecule has 0 saturated heterocycles. The molecule has 2 nitrogen and oxygen atoms in total. The largest absolute Gasteiger partial charge is 0.303 e. The van der Waals surface area contributed by atoms with E-state index in [1.165, 1.54) is 23.5 Å². The van der Waals surface area contributed by atoms with Gasteiger partial charge in [0.25, 0.3) is 5.91 Å². The van der Waals surface area contributed by atoms with Crippen molar-refractivity contribution in [3.63, 3.8) is 0 Å². The van der Waals surface area contributed by atoms with Gasteiger partial charge in [0.2, 0.25) is 0 Å². The van der Waals surface area contributed by atoms with Gasteiger partial charge in [0.15, 0.2) is 0 Å². The van der Waals surface area contributed by atoms with Crippen molar-refractivity contribution in [2.24, 2.45) is 0 Å². The summed E-state index contributed by atoms with van der Waals surface area (Å²) in [5.41, 5.74) is 1.68. The van der Waals surface area contributed by atoms with Crippen LogP contribution < -0.4 is 4.90 Å². The van der Waals surface area contributed by atoms with Crippen molar-refractivity contribution < 1.29 is 9.18 Å². The molecule has 5 heteroatoms. The molecular formula is C18H13BrFNOS. The molecule has 0 aliphatic rings. The highest BCUT2D eigenvalue weighted by Gasteiger charge is 2.19. The van der Waals surface area contributed by atoms with Crippen LogP contribution in [-0.4, -0.2) is 5.91 Å². The fraction of sp³-hybridized carbons (Fsp3) is 0.0556. The van der Waals surface area contributed by atoms with Crippen LogP contribution in [0.15, 0.2) is 70.5 Å². The first-order valence-electron chi connectivity index (χ1n) is 6.99. The van der Waals surface area contributed by atoms with Crippen LogP contribution in [0.25, 0.3) is 0 Å². The molecule has 0 spiro atoms. The Morgan fingerprint density at radius 1 is 1.04 bits per heavy atom. The summed E-state index contributed by atoms with van der Waals surface area (Å²) in [5.74, 6) is -0.407. The molecule has 0 bridgehead atoms. The van der Waals surface area contributed by atoms with Gasteiger partial charge in [0.1, 0.15) is 5.82 Å². The lowest BCUT2D eigenvalue weighted by atomic mass is 10.2. The van der Waals surface area contributed by atoms with Crippen molar-refractivity contribution in [1.29, 1.82) is 0 Å². The zero-order valence-electron chi connectivity index (χ0n) is 12.1. The van der Waals surface area contributed by atoms with Crippen molar-refractivity contribution in [2.75, 3.05) is 4.90 Å². The van der Waals surface area contributed by atoms with Crippen molar-refractivity contribution in [3.05, 3.63) is 86.8 Å². The lowest BCUT2D eigenvalue weighted by Crippen LogP contribution is -2.29. The molecule has 1 aromatic heterocycles. The highest BCUT2D eigenvalue weighted by Crippen LogP contribution is 2.23. The topological polar surface area (TPSA) is 20.3 Å². The van der Waals surface area contributed by atoms with Crippen molar-refractivity contribution in [2.45, 2.75) is 6.54 Å². The van der Waals surface area contributed by atoms with Gasteiger partial charge in [-0.2, -0.15) is 0 Å². The number of halogens is 2. The SMILES string of the molecule is O=C(c1cccs1)N(Cc1ccc(Br)cc1)c1ccc(F)cc1. The second kappa shape index (κ2) is 7.06. The summed E-state index contributed by atoms with van der Waals surface area (Å²) in [5, 5.41) is 1.87. The van der Waals surface area contributed by atoms with Gasteiger partial charge < -0.3 is 4.90 Å². The average Bonchev–Trinajstić information content (AvgIpc) is 3.09. The quantitative estimate of drug-likeness (QED) is 0.576. The number of hydrogen-bond acceptors (Lipinski definition) is 2. The van der Waals surface area contributed by atoms with E-state index < -0.39 is 0 Å². The number of carbonyl (C=O) groups is 1. The van der Waals surface area contributed by atoms with Crippen LogP contribution in [0.1, 0.15) is 15.2 Å². The molecule has 2 aromatic carbocycles. The second-order valence-corrected chi connectivity index (χ2v) is 6.83. The van der Waals surface area contributed by atoms with E-state index >= 15 is 0 Å². The van der Waals surface area contributed by atoms with E-state index in [-0.39, 0.29) is 11.7 Å². The molecule has 0 N–H and O–H groups in total. The Morgan fingerprint density at radius 3 is 2.35 bits per heavy atom. The van der Waals surface area contributed by atoms with E-state index in [1.54, 1.807) is 23.1 Å². The molecule has 116 valence electrons. The van der Waals surface area contributed by atoms with Gasteiger partial charge >= 0.3 is 0 Å². The maximum Gasteiger partial charge on any atom is 0.268 e. The highest BCUT2D eigenvalue weighted by atomic mass is 79.9. The van der Waals surface area contributed by atoms with Crippen molar-refractivity contribution >= 4 is 38.9 Å². The normalized spacial score (nSPS) is 10.5. The minimum absolute atomic E-state index is 0.0884. The molecule has 1 heterocycles. The molecule has 0 saturated carbocycles. The zero-order valence-corrected chi connectivity index (χ0v) is 14.5. The average molecular weight is 390 g/mol. The van der Waals surface area contributed by atoms with Crippen LogP contribution in [0, 0.1) is 5.82 Å². The van der Waals surface area contributed by atoms with Gasteiger partial charge in [0.05, 0.1) is 11.4 Å². The molecule has 23 heavy (non-hydrogen) atoms. The monoisotopic (exact) mass is 389 g/mol. The standard InChI is InChI=1S/C18H13BrFNOS/c19-14-5-3-13(4-6-14)12-21(16-9-7-15(20)8-10-16)18(22)17-2-1-11-23-17/h1-11H,12H2. The Morgan fingerprint density at radius 2 is 1.74 bits per heavy atom. The van der Waals surface area contributed by atoms with Crippen LogP contribution >= 0.6 is 27.3 Å². The van der Waals surface area contributed by atoms with E-state index in [1.807, 2.05) is 35.7 Å². The van der Waals surface area contributed by atoms with E-state index in [0.717, 1.165) is 10.0 Å². The van der Waals surface area contributed by atoms with Crippen molar-refractivity contribution in [3.8, 4) is 0 Å². The van der Waals surface area contributed by atoms with Crippen molar-refractivity contribution in [1.82, 2.24) is 0 Å². The number of nitrogens with zero attached hydrogens (tertiary/aromatic N) is 1. The number of thiophene rings is 1. The lowest BCUT2D eigenvalue weighted by molar-refractivity contribution is 0.0989. The van der Waals surface area contributed by atoms with Crippen LogP contribution in [0.5, 0.6) is 0 Å². The van der Waals surface area contributed by atoms with Crippen LogP contribution in [0.2, 0.25) is 0 Å². The molecule has 0 unspecified atom stereocenters.